The Hall–Kier alpha value is -0.760. The first-order valence-electron chi connectivity index (χ1n) is 3.53. The van der Waals surface area contributed by atoms with E-state index in [0.29, 0.717) is 0 Å². The van der Waals surface area contributed by atoms with E-state index in [9.17, 15) is 0 Å². The van der Waals surface area contributed by atoms with Crippen LogP contribution >= 0.6 is 0 Å². The van der Waals surface area contributed by atoms with E-state index in [1.807, 2.05) is 13.2 Å². The van der Waals surface area contributed by atoms with Crippen molar-refractivity contribution >= 4 is 0 Å². The van der Waals surface area contributed by atoms with Crippen molar-refractivity contribution in [2.45, 2.75) is 20.4 Å². The summed E-state index contributed by atoms with van der Waals surface area (Å²) >= 11 is 0. The molecule has 2 nitrogen and oxygen atoms in total. The van der Waals surface area contributed by atoms with Gasteiger partial charge in [0.05, 0.1) is 0 Å². The Morgan fingerprint density at radius 3 is 2.60 bits per heavy atom. The number of aryl methyl sites for hydroxylation is 2. The molecular formula is C8H14N2. The molecule has 1 aromatic heterocycles. The second-order valence-electron chi connectivity index (χ2n) is 2.61. The SMILES string of the molecule is CNCc1c(C)c[nH]c1C. The topological polar surface area (TPSA) is 27.8 Å². The van der Waals surface area contributed by atoms with Crippen LogP contribution in [0, 0.1) is 13.8 Å². The van der Waals surface area contributed by atoms with Gasteiger partial charge < -0.3 is 10.3 Å². The molecule has 0 aliphatic rings. The zero-order chi connectivity index (χ0) is 7.56. The highest BCUT2D eigenvalue weighted by atomic mass is 14.8. The average molecular weight is 138 g/mol. The molecule has 0 bridgehead atoms. The van der Waals surface area contributed by atoms with Crippen molar-refractivity contribution in [2.24, 2.45) is 0 Å². The molecule has 56 valence electrons. The molecule has 0 saturated heterocycles. The predicted molar refractivity (Wildman–Crippen MR) is 43.0 cm³/mol. The van der Waals surface area contributed by atoms with Crippen LogP contribution in [0.4, 0.5) is 0 Å². The van der Waals surface area contributed by atoms with Crippen molar-refractivity contribution in [3.8, 4) is 0 Å². The van der Waals surface area contributed by atoms with Crippen LogP contribution in [0.2, 0.25) is 0 Å². The van der Waals surface area contributed by atoms with E-state index in [1.165, 1.54) is 16.8 Å². The van der Waals surface area contributed by atoms with Gasteiger partial charge in [-0.2, -0.15) is 0 Å². The average Bonchev–Trinajstić information content (AvgIpc) is 2.20. The molecule has 0 aliphatic heterocycles. The summed E-state index contributed by atoms with van der Waals surface area (Å²) in [5.74, 6) is 0. The molecule has 1 heterocycles. The third-order valence-corrected chi connectivity index (χ3v) is 1.79. The fraction of sp³-hybridized carbons (Fsp3) is 0.500. The van der Waals surface area contributed by atoms with Crippen LogP contribution < -0.4 is 5.32 Å². The Labute approximate surface area is 61.7 Å². The third-order valence-electron chi connectivity index (χ3n) is 1.79. The Balaban J connectivity index is 2.87. The van der Waals surface area contributed by atoms with Gasteiger partial charge in [0, 0.05) is 18.4 Å². The molecule has 0 saturated carbocycles. The second-order valence-corrected chi connectivity index (χ2v) is 2.61. The fourth-order valence-corrected chi connectivity index (χ4v) is 1.14. The van der Waals surface area contributed by atoms with Crippen LogP contribution in [0.3, 0.4) is 0 Å². The third kappa shape index (κ3) is 1.21. The molecular weight excluding hydrogens is 124 g/mol. The Kier molecular flexibility index (Phi) is 2.12. The van der Waals surface area contributed by atoms with Crippen molar-refractivity contribution in [2.75, 3.05) is 7.05 Å². The Morgan fingerprint density at radius 1 is 1.50 bits per heavy atom. The Morgan fingerprint density at radius 2 is 2.20 bits per heavy atom. The number of H-pyrrole nitrogens is 1. The first-order valence-corrected chi connectivity index (χ1v) is 3.53. The highest BCUT2D eigenvalue weighted by Gasteiger charge is 2.00. The summed E-state index contributed by atoms with van der Waals surface area (Å²) in [6, 6.07) is 0. The van der Waals surface area contributed by atoms with Gasteiger partial charge in [-0.05, 0) is 32.0 Å². The van der Waals surface area contributed by atoms with Crippen LogP contribution in [0.1, 0.15) is 16.8 Å². The molecule has 0 amide bonds. The quantitative estimate of drug-likeness (QED) is 0.634. The van der Waals surface area contributed by atoms with Gasteiger partial charge in [0.15, 0.2) is 0 Å². The molecule has 0 aliphatic carbocycles. The maximum Gasteiger partial charge on any atom is 0.0222 e. The maximum atomic E-state index is 3.18. The van der Waals surface area contributed by atoms with E-state index >= 15 is 0 Å². The molecule has 0 radical (unpaired) electrons. The molecule has 0 aromatic carbocycles. The highest BCUT2D eigenvalue weighted by molar-refractivity contribution is 5.28. The van der Waals surface area contributed by atoms with Gasteiger partial charge in [0.25, 0.3) is 0 Å². The van der Waals surface area contributed by atoms with E-state index in [4.69, 9.17) is 0 Å². The normalized spacial score (nSPS) is 10.3. The molecule has 0 spiro atoms. The highest BCUT2D eigenvalue weighted by Crippen LogP contribution is 2.10. The summed E-state index contributed by atoms with van der Waals surface area (Å²) in [5, 5.41) is 3.13. The zero-order valence-corrected chi connectivity index (χ0v) is 6.78. The monoisotopic (exact) mass is 138 g/mol. The van der Waals surface area contributed by atoms with E-state index < -0.39 is 0 Å². The fourth-order valence-electron chi connectivity index (χ4n) is 1.14. The number of aromatic amines is 1. The summed E-state index contributed by atoms with van der Waals surface area (Å²) in [5.41, 5.74) is 4.00. The van der Waals surface area contributed by atoms with Gasteiger partial charge in [-0.25, -0.2) is 0 Å². The van der Waals surface area contributed by atoms with Crippen molar-refractivity contribution in [3.63, 3.8) is 0 Å². The zero-order valence-electron chi connectivity index (χ0n) is 6.78. The lowest BCUT2D eigenvalue weighted by Gasteiger charge is -1.98. The minimum atomic E-state index is 0.959. The molecule has 2 heteroatoms. The van der Waals surface area contributed by atoms with Gasteiger partial charge in [-0.15, -0.1) is 0 Å². The van der Waals surface area contributed by atoms with Crippen LogP contribution in [0.15, 0.2) is 6.20 Å². The van der Waals surface area contributed by atoms with E-state index in [0.717, 1.165) is 6.54 Å². The summed E-state index contributed by atoms with van der Waals surface area (Å²) in [6.45, 7) is 5.18. The smallest absolute Gasteiger partial charge is 0.0222 e. The van der Waals surface area contributed by atoms with Crippen LogP contribution in [-0.2, 0) is 6.54 Å². The predicted octanol–water partition coefficient (Wildman–Crippen LogP) is 1.35. The molecule has 10 heavy (non-hydrogen) atoms. The van der Waals surface area contributed by atoms with Crippen LogP contribution in [0.5, 0.6) is 0 Å². The lowest BCUT2D eigenvalue weighted by molar-refractivity contribution is 0.808. The lowest BCUT2D eigenvalue weighted by Crippen LogP contribution is -2.06. The lowest BCUT2D eigenvalue weighted by atomic mass is 10.2. The number of hydrogen-bond acceptors (Lipinski definition) is 1. The summed E-state index contributed by atoms with van der Waals surface area (Å²) < 4.78 is 0. The summed E-state index contributed by atoms with van der Waals surface area (Å²) in [6.07, 6.45) is 2.04. The van der Waals surface area contributed by atoms with E-state index in [-0.39, 0.29) is 0 Å². The first kappa shape index (κ1) is 7.35. The molecule has 0 fully saturated rings. The van der Waals surface area contributed by atoms with Gasteiger partial charge in [0.1, 0.15) is 0 Å². The molecule has 1 aromatic rings. The van der Waals surface area contributed by atoms with Crippen molar-refractivity contribution in [1.82, 2.24) is 10.3 Å². The molecule has 2 N–H and O–H groups in total. The number of rotatable bonds is 2. The van der Waals surface area contributed by atoms with Crippen molar-refractivity contribution < 1.29 is 0 Å². The van der Waals surface area contributed by atoms with Gasteiger partial charge in [-0.1, -0.05) is 0 Å². The van der Waals surface area contributed by atoms with Gasteiger partial charge in [0.2, 0.25) is 0 Å². The first-order chi connectivity index (χ1) is 4.75. The van der Waals surface area contributed by atoms with E-state index in [2.05, 4.69) is 24.1 Å². The molecule has 1 rings (SSSR count). The summed E-state index contributed by atoms with van der Waals surface area (Å²) in [7, 11) is 1.96. The van der Waals surface area contributed by atoms with Crippen molar-refractivity contribution in [1.29, 1.82) is 0 Å². The minimum absolute atomic E-state index is 0.959. The van der Waals surface area contributed by atoms with Crippen molar-refractivity contribution in [3.05, 3.63) is 23.0 Å². The standard InChI is InChI=1S/C8H14N2/c1-6-4-10-7(2)8(6)5-9-3/h4,9-10H,5H2,1-3H3. The number of hydrogen-bond donors (Lipinski definition) is 2. The minimum Gasteiger partial charge on any atom is -0.365 e. The molecule has 0 atom stereocenters. The Bertz CT molecular complexity index is 194. The van der Waals surface area contributed by atoms with Gasteiger partial charge in [-0.3, -0.25) is 0 Å². The van der Waals surface area contributed by atoms with Crippen LogP contribution in [0.25, 0.3) is 0 Å². The second kappa shape index (κ2) is 2.88. The van der Waals surface area contributed by atoms with Gasteiger partial charge >= 0.3 is 0 Å². The largest absolute Gasteiger partial charge is 0.365 e. The summed E-state index contributed by atoms with van der Waals surface area (Å²) in [4.78, 5) is 3.18. The van der Waals surface area contributed by atoms with E-state index in [1.54, 1.807) is 0 Å². The maximum absolute atomic E-state index is 3.18. The number of nitrogens with one attached hydrogen (secondary N) is 2. The van der Waals surface area contributed by atoms with Crippen LogP contribution in [-0.4, -0.2) is 12.0 Å². The molecule has 0 unspecified atom stereocenters. The number of aromatic nitrogens is 1.